The van der Waals surface area contributed by atoms with Gasteiger partial charge in [-0.15, -0.1) is 0 Å². The summed E-state index contributed by atoms with van der Waals surface area (Å²) in [5.74, 6) is 0.449. The van der Waals surface area contributed by atoms with Crippen molar-refractivity contribution >= 4 is 0 Å². The minimum Gasteiger partial charge on any atom is -0.487 e. The first-order valence-electron chi connectivity index (χ1n) is 6.39. The summed E-state index contributed by atoms with van der Waals surface area (Å²) in [6, 6.07) is 12.0. The average Bonchev–Trinajstić information content (AvgIpc) is 2.95. The van der Waals surface area contributed by atoms with Crippen molar-refractivity contribution in [3.05, 3.63) is 72.1 Å². The highest BCUT2D eigenvalue weighted by Crippen LogP contribution is 2.18. The molecule has 1 N–H and O–H groups in total. The fourth-order valence-corrected chi connectivity index (χ4v) is 1.90. The van der Waals surface area contributed by atoms with Gasteiger partial charge in [-0.1, -0.05) is 6.07 Å². The maximum Gasteiger partial charge on any atom is 0.137 e. The molecule has 21 heavy (non-hydrogen) atoms. The zero-order valence-electron chi connectivity index (χ0n) is 11.0. The summed E-state index contributed by atoms with van der Waals surface area (Å²) in [5.41, 5.74) is 1.53. The lowest BCUT2D eigenvalue weighted by atomic mass is 10.2. The molecule has 0 amide bonds. The Hall–Kier alpha value is -2.69. The molecule has 2 aromatic carbocycles. The molecule has 0 aliphatic rings. The number of imidazole rings is 1. The van der Waals surface area contributed by atoms with Crippen LogP contribution in [0, 0.1) is 11.6 Å². The van der Waals surface area contributed by atoms with Crippen LogP contribution in [0.1, 0.15) is 5.69 Å². The van der Waals surface area contributed by atoms with E-state index in [9.17, 15) is 8.78 Å². The standard InChI is InChI=1S/C16H12F2N2O/c17-12-6-4-11(5-7-12)16-19-9-14(20-16)10-21-15-3-1-2-13(18)8-15/h1-9H,10H2,(H,19,20). The van der Waals surface area contributed by atoms with Gasteiger partial charge in [0.2, 0.25) is 0 Å². The molecule has 3 rings (SSSR count). The monoisotopic (exact) mass is 286 g/mol. The number of H-pyrrole nitrogens is 1. The molecular weight excluding hydrogens is 274 g/mol. The first-order chi connectivity index (χ1) is 10.2. The van der Waals surface area contributed by atoms with Crippen molar-refractivity contribution in [3.8, 4) is 17.1 Å². The summed E-state index contributed by atoms with van der Waals surface area (Å²) in [6.45, 7) is 0.248. The van der Waals surface area contributed by atoms with Crippen molar-refractivity contribution in [2.75, 3.05) is 0 Å². The zero-order chi connectivity index (χ0) is 14.7. The highest BCUT2D eigenvalue weighted by Gasteiger charge is 2.05. The Kier molecular flexibility index (Phi) is 3.64. The lowest BCUT2D eigenvalue weighted by Crippen LogP contribution is -1.96. The number of hydrogen-bond donors (Lipinski definition) is 1. The minimum atomic E-state index is -0.343. The Morgan fingerprint density at radius 3 is 2.57 bits per heavy atom. The summed E-state index contributed by atoms with van der Waals surface area (Å²) >= 11 is 0. The Labute approximate surface area is 120 Å². The van der Waals surface area contributed by atoms with Gasteiger partial charge in [0.05, 0.1) is 11.9 Å². The normalized spacial score (nSPS) is 10.6. The molecule has 0 saturated heterocycles. The minimum absolute atomic E-state index is 0.248. The Bertz CT molecular complexity index is 738. The van der Waals surface area contributed by atoms with Crippen molar-refractivity contribution in [2.45, 2.75) is 6.61 Å². The fourth-order valence-electron chi connectivity index (χ4n) is 1.90. The van der Waals surface area contributed by atoms with E-state index in [1.807, 2.05) is 0 Å². The van der Waals surface area contributed by atoms with E-state index in [-0.39, 0.29) is 18.2 Å². The number of aromatic amines is 1. The molecule has 0 aliphatic carbocycles. The quantitative estimate of drug-likeness (QED) is 0.789. The van der Waals surface area contributed by atoms with Gasteiger partial charge in [-0.25, -0.2) is 13.8 Å². The Balaban J connectivity index is 1.69. The molecule has 3 nitrogen and oxygen atoms in total. The van der Waals surface area contributed by atoms with Crippen LogP contribution in [-0.2, 0) is 6.61 Å². The molecule has 0 bridgehead atoms. The molecule has 106 valence electrons. The summed E-state index contributed by atoms with van der Waals surface area (Å²) < 4.78 is 31.4. The van der Waals surface area contributed by atoms with Gasteiger partial charge in [-0.2, -0.15) is 0 Å². The van der Waals surface area contributed by atoms with Crippen LogP contribution >= 0.6 is 0 Å². The summed E-state index contributed by atoms with van der Waals surface area (Å²) in [7, 11) is 0. The van der Waals surface area contributed by atoms with E-state index in [4.69, 9.17) is 4.74 Å². The number of ether oxygens (including phenoxy) is 1. The molecule has 0 fully saturated rings. The second-order valence-corrected chi connectivity index (χ2v) is 4.51. The predicted octanol–water partition coefficient (Wildman–Crippen LogP) is 3.93. The van der Waals surface area contributed by atoms with Crippen molar-refractivity contribution < 1.29 is 13.5 Å². The van der Waals surface area contributed by atoms with E-state index in [1.165, 1.54) is 24.3 Å². The number of hydrogen-bond acceptors (Lipinski definition) is 2. The van der Waals surface area contributed by atoms with Crippen LogP contribution in [0.3, 0.4) is 0 Å². The number of nitrogens with zero attached hydrogens (tertiary/aromatic N) is 1. The van der Waals surface area contributed by atoms with E-state index in [2.05, 4.69) is 9.97 Å². The van der Waals surface area contributed by atoms with Crippen LogP contribution < -0.4 is 4.74 Å². The van der Waals surface area contributed by atoms with Gasteiger partial charge in [0, 0.05) is 11.6 Å². The van der Waals surface area contributed by atoms with E-state index in [0.717, 1.165) is 11.3 Å². The van der Waals surface area contributed by atoms with Crippen molar-refractivity contribution in [3.63, 3.8) is 0 Å². The topological polar surface area (TPSA) is 37.9 Å². The lowest BCUT2D eigenvalue weighted by molar-refractivity contribution is 0.300. The molecule has 0 atom stereocenters. The van der Waals surface area contributed by atoms with Crippen LogP contribution in [0.15, 0.2) is 54.7 Å². The predicted molar refractivity (Wildman–Crippen MR) is 74.7 cm³/mol. The maximum absolute atomic E-state index is 13.0. The second-order valence-electron chi connectivity index (χ2n) is 4.51. The van der Waals surface area contributed by atoms with Gasteiger partial charge < -0.3 is 9.72 Å². The molecule has 0 aliphatic heterocycles. The summed E-state index contributed by atoms with van der Waals surface area (Å²) in [4.78, 5) is 7.30. The number of halogens is 2. The van der Waals surface area contributed by atoms with E-state index in [0.29, 0.717) is 11.6 Å². The van der Waals surface area contributed by atoms with Crippen LogP contribution in [0.25, 0.3) is 11.4 Å². The molecular formula is C16H12F2N2O. The molecule has 1 heterocycles. The number of aromatic nitrogens is 2. The molecule has 0 saturated carbocycles. The fraction of sp³-hybridized carbons (Fsp3) is 0.0625. The van der Waals surface area contributed by atoms with E-state index >= 15 is 0 Å². The highest BCUT2D eigenvalue weighted by atomic mass is 19.1. The SMILES string of the molecule is Fc1ccc(-c2ncc(COc3cccc(F)c3)[nH]2)cc1. The number of rotatable bonds is 4. The summed E-state index contributed by atoms with van der Waals surface area (Å²) in [5, 5.41) is 0. The van der Waals surface area contributed by atoms with Crippen molar-refractivity contribution in [1.29, 1.82) is 0 Å². The first kappa shape index (κ1) is 13.3. The highest BCUT2D eigenvalue weighted by molar-refractivity contribution is 5.54. The third kappa shape index (κ3) is 3.25. The zero-order valence-corrected chi connectivity index (χ0v) is 11.0. The molecule has 0 radical (unpaired) electrons. The van der Waals surface area contributed by atoms with Gasteiger partial charge in [0.1, 0.15) is 29.8 Å². The molecule has 1 aromatic heterocycles. The van der Waals surface area contributed by atoms with Gasteiger partial charge in [-0.05, 0) is 36.4 Å². The largest absolute Gasteiger partial charge is 0.487 e. The lowest BCUT2D eigenvalue weighted by Gasteiger charge is -2.04. The molecule has 5 heteroatoms. The smallest absolute Gasteiger partial charge is 0.137 e. The van der Waals surface area contributed by atoms with Gasteiger partial charge in [-0.3, -0.25) is 0 Å². The summed E-state index contributed by atoms with van der Waals surface area (Å²) in [6.07, 6.45) is 1.64. The maximum atomic E-state index is 13.0. The molecule has 0 spiro atoms. The third-order valence-electron chi connectivity index (χ3n) is 2.94. The first-order valence-corrected chi connectivity index (χ1v) is 6.39. The van der Waals surface area contributed by atoms with Crippen LogP contribution in [0.2, 0.25) is 0 Å². The van der Waals surface area contributed by atoms with Gasteiger partial charge in [0.15, 0.2) is 0 Å². The Morgan fingerprint density at radius 2 is 1.81 bits per heavy atom. The number of benzene rings is 2. The van der Waals surface area contributed by atoms with Crippen LogP contribution in [0.5, 0.6) is 5.75 Å². The molecule has 3 aromatic rings. The average molecular weight is 286 g/mol. The van der Waals surface area contributed by atoms with Gasteiger partial charge in [0.25, 0.3) is 0 Å². The van der Waals surface area contributed by atoms with Crippen LogP contribution in [0.4, 0.5) is 8.78 Å². The van der Waals surface area contributed by atoms with E-state index < -0.39 is 0 Å². The second kappa shape index (κ2) is 5.75. The van der Waals surface area contributed by atoms with Crippen molar-refractivity contribution in [1.82, 2.24) is 9.97 Å². The Morgan fingerprint density at radius 1 is 1.00 bits per heavy atom. The number of nitrogens with one attached hydrogen (secondary N) is 1. The third-order valence-corrected chi connectivity index (χ3v) is 2.94. The van der Waals surface area contributed by atoms with Crippen LogP contribution in [-0.4, -0.2) is 9.97 Å². The van der Waals surface area contributed by atoms with Crippen molar-refractivity contribution in [2.24, 2.45) is 0 Å². The molecule has 0 unspecified atom stereocenters. The van der Waals surface area contributed by atoms with E-state index in [1.54, 1.807) is 30.5 Å². The van der Waals surface area contributed by atoms with Gasteiger partial charge >= 0.3 is 0 Å².